The highest BCUT2D eigenvalue weighted by atomic mass is 16.4. The van der Waals surface area contributed by atoms with E-state index in [2.05, 4.69) is 0 Å². The smallest absolute Gasteiger partial charge is 0.355 e. The van der Waals surface area contributed by atoms with Gasteiger partial charge in [-0.05, 0) is 6.92 Å². The summed E-state index contributed by atoms with van der Waals surface area (Å²) in [7, 11) is 0. The first-order valence-corrected chi connectivity index (χ1v) is 1.94. The van der Waals surface area contributed by atoms with Gasteiger partial charge in [-0.25, -0.2) is 4.79 Å². The van der Waals surface area contributed by atoms with Crippen molar-refractivity contribution in [1.29, 1.82) is 0 Å². The average Bonchev–Trinajstić information content (AvgIpc) is 1.64. The molecule has 0 atom stereocenters. The van der Waals surface area contributed by atoms with Gasteiger partial charge in [-0.2, -0.15) is 0 Å². The predicted octanol–water partition coefficient (Wildman–Crippen LogP) is -0.181. The zero-order valence-corrected chi connectivity index (χ0v) is 4.38. The lowest BCUT2D eigenvalue weighted by molar-refractivity contribution is -0.132. The van der Waals surface area contributed by atoms with Crippen LogP contribution in [-0.2, 0) is 4.79 Å². The molecular weight excluding hydrogens is 110 g/mol. The lowest BCUT2D eigenvalue weighted by Crippen LogP contribution is -2.11. The Balaban J connectivity index is 4.23. The molecule has 0 aliphatic rings. The van der Waals surface area contributed by atoms with E-state index in [4.69, 9.17) is 15.9 Å². The Hall–Kier alpha value is -1.19. The van der Waals surface area contributed by atoms with Gasteiger partial charge in [0.1, 0.15) is 5.76 Å². The second kappa shape index (κ2) is 2.20. The van der Waals surface area contributed by atoms with Crippen LogP contribution >= 0.6 is 0 Å². The SMILES string of the molecule is C/C(O)=C(/N)C(=O)O. The van der Waals surface area contributed by atoms with Crippen LogP contribution in [0.5, 0.6) is 0 Å². The van der Waals surface area contributed by atoms with Crippen molar-refractivity contribution >= 4 is 5.97 Å². The molecule has 0 fully saturated rings. The molecule has 0 aromatic carbocycles. The minimum absolute atomic E-state index is 0.363. The van der Waals surface area contributed by atoms with E-state index < -0.39 is 11.7 Å². The minimum Gasteiger partial charge on any atom is -0.510 e. The zero-order valence-electron chi connectivity index (χ0n) is 4.38. The third-order valence-corrected chi connectivity index (χ3v) is 0.620. The summed E-state index contributed by atoms with van der Waals surface area (Å²) in [6.45, 7) is 1.21. The molecular formula is C4H7NO3. The Morgan fingerprint density at radius 1 is 1.50 bits per heavy atom. The summed E-state index contributed by atoms with van der Waals surface area (Å²) >= 11 is 0. The van der Waals surface area contributed by atoms with Crippen LogP contribution in [0.15, 0.2) is 11.5 Å². The van der Waals surface area contributed by atoms with Crippen LogP contribution in [0.1, 0.15) is 6.92 Å². The van der Waals surface area contributed by atoms with Gasteiger partial charge in [-0.15, -0.1) is 0 Å². The van der Waals surface area contributed by atoms with Gasteiger partial charge in [-0.1, -0.05) is 0 Å². The van der Waals surface area contributed by atoms with Gasteiger partial charge in [0.2, 0.25) is 0 Å². The van der Waals surface area contributed by atoms with Crippen LogP contribution < -0.4 is 5.73 Å². The molecule has 4 N–H and O–H groups in total. The largest absolute Gasteiger partial charge is 0.510 e. The topological polar surface area (TPSA) is 83.5 Å². The Morgan fingerprint density at radius 3 is 1.88 bits per heavy atom. The number of aliphatic hydroxyl groups excluding tert-OH is 1. The molecule has 0 heterocycles. The maximum absolute atomic E-state index is 9.80. The Kier molecular flexibility index (Phi) is 1.88. The number of aliphatic carboxylic acids is 1. The summed E-state index contributed by atoms with van der Waals surface area (Å²) in [6, 6.07) is 0. The fourth-order valence-corrected chi connectivity index (χ4v) is 0.155. The molecule has 0 spiro atoms. The lowest BCUT2D eigenvalue weighted by atomic mass is 10.4. The molecule has 0 amide bonds. The zero-order chi connectivity index (χ0) is 6.73. The third-order valence-electron chi connectivity index (χ3n) is 0.620. The van der Waals surface area contributed by atoms with Crippen molar-refractivity contribution in [3.8, 4) is 0 Å². The number of carboxylic acids is 1. The normalized spacial score (nSPS) is 12.6. The number of hydrogen-bond acceptors (Lipinski definition) is 3. The number of allylic oxidation sites excluding steroid dienone is 1. The summed E-state index contributed by atoms with van der Waals surface area (Å²) in [6.07, 6.45) is 0. The van der Waals surface area contributed by atoms with Crippen LogP contribution in [0, 0.1) is 0 Å². The van der Waals surface area contributed by atoms with Crippen molar-refractivity contribution < 1.29 is 15.0 Å². The highest BCUT2D eigenvalue weighted by Gasteiger charge is 2.02. The van der Waals surface area contributed by atoms with E-state index in [-0.39, 0.29) is 5.76 Å². The molecule has 0 aliphatic carbocycles. The highest BCUT2D eigenvalue weighted by molar-refractivity contribution is 5.85. The summed E-state index contributed by atoms with van der Waals surface area (Å²) in [5.41, 5.74) is 4.28. The van der Waals surface area contributed by atoms with Crippen LogP contribution in [0.4, 0.5) is 0 Å². The molecule has 0 radical (unpaired) electrons. The van der Waals surface area contributed by atoms with Crippen LogP contribution in [0.2, 0.25) is 0 Å². The summed E-state index contributed by atoms with van der Waals surface area (Å²) in [5, 5.41) is 16.4. The van der Waals surface area contributed by atoms with E-state index >= 15 is 0 Å². The van der Waals surface area contributed by atoms with E-state index in [1.807, 2.05) is 0 Å². The van der Waals surface area contributed by atoms with Gasteiger partial charge in [0.05, 0.1) is 0 Å². The van der Waals surface area contributed by atoms with Crippen molar-refractivity contribution in [2.24, 2.45) is 5.73 Å². The van der Waals surface area contributed by atoms with E-state index in [1.165, 1.54) is 6.92 Å². The highest BCUT2D eigenvalue weighted by Crippen LogP contribution is 1.89. The number of hydrogen-bond donors (Lipinski definition) is 3. The molecule has 0 aliphatic heterocycles. The predicted molar refractivity (Wildman–Crippen MR) is 27.2 cm³/mol. The van der Waals surface area contributed by atoms with E-state index in [0.29, 0.717) is 0 Å². The van der Waals surface area contributed by atoms with Gasteiger partial charge in [0, 0.05) is 0 Å². The van der Waals surface area contributed by atoms with Gasteiger partial charge in [0.15, 0.2) is 5.70 Å². The van der Waals surface area contributed by atoms with Crippen molar-refractivity contribution in [3.63, 3.8) is 0 Å². The van der Waals surface area contributed by atoms with Crippen molar-refractivity contribution in [1.82, 2.24) is 0 Å². The lowest BCUT2D eigenvalue weighted by Gasteiger charge is -1.91. The Labute approximate surface area is 46.2 Å². The molecule has 0 rings (SSSR count). The quantitative estimate of drug-likeness (QED) is 0.328. The molecule has 4 nitrogen and oxygen atoms in total. The molecule has 0 saturated carbocycles. The van der Waals surface area contributed by atoms with Crippen molar-refractivity contribution in [3.05, 3.63) is 11.5 Å². The van der Waals surface area contributed by atoms with Crippen LogP contribution in [-0.4, -0.2) is 16.2 Å². The number of rotatable bonds is 1. The maximum atomic E-state index is 9.80. The molecule has 0 saturated heterocycles. The van der Waals surface area contributed by atoms with Crippen LogP contribution in [0.3, 0.4) is 0 Å². The maximum Gasteiger partial charge on any atom is 0.355 e. The summed E-state index contributed by atoms with van der Waals surface area (Å²) < 4.78 is 0. The second-order valence-electron chi connectivity index (χ2n) is 1.30. The molecule has 8 heavy (non-hydrogen) atoms. The first-order chi connectivity index (χ1) is 3.55. The van der Waals surface area contributed by atoms with E-state index in [1.54, 1.807) is 0 Å². The number of carbonyl (C=O) groups is 1. The van der Waals surface area contributed by atoms with Gasteiger partial charge >= 0.3 is 5.97 Å². The average molecular weight is 117 g/mol. The van der Waals surface area contributed by atoms with E-state index in [0.717, 1.165) is 0 Å². The second-order valence-corrected chi connectivity index (χ2v) is 1.30. The van der Waals surface area contributed by atoms with Crippen LogP contribution in [0.25, 0.3) is 0 Å². The molecule has 0 aromatic heterocycles. The standard InChI is InChI=1S/C4H7NO3/c1-2(6)3(5)4(7)8/h6H,5H2,1H3,(H,7,8)/b3-2-. The molecule has 4 heteroatoms. The van der Waals surface area contributed by atoms with E-state index in [9.17, 15) is 4.79 Å². The Bertz CT molecular complexity index is 134. The van der Waals surface area contributed by atoms with Gasteiger partial charge in [0.25, 0.3) is 0 Å². The first kappa shape index (κ1) is 6.81. The minimum atomic E-state index is -1.30. The number of aliphatic hydroxyl groups is 1. The summed E-state index contributed by atoms with van der Waals surface area (Å²) in [5.74, 6) is -1.66. The molecule has 0 unspecified atom stereocenters. The molecule has 0 aromatic rings. The fraction of sp³-hybridized carbons (Fsp3) is 0.250. The Morgan fingerprint density at radius 2 is 1.88 bits per heavy atom. The van der Waals surface area contributed by atoms with Gasteiger partial charge < -0.3 is 15.9 Å². The number of carboxylic acid groups (broad SMARTS) is 1. The third kappa shape index (κ3) is 1.51. The molecule has 0 bridgehead atoms. The van der Waals surface area contributed by atoms with Crippen molar-refractivity contribution in [2.75, 3.05) is 0 Å². The molecule has 46 valence electrons. The first-order valence-electron chi connectivity index (χ1n) is 1.94. The number of nitrogens with two attached hydrogens (primary N) is 1. The fourth-order valence-electron chi connectivity index (χ4n) is 0.155. The monoisotopic (exact) mass is 117 g/mol. The van der Waals surface area contributed by atoms with Crippen molar-refractivity contribution in [2.45, 2.75) is 6.92 Å². The van der Waals surface area contributed by atoms with Gasteiger partial charge in [-0.3, -0.25) is 0 Å². The summed E-state index contributed by atoms with van der Waals surface area (Å²) in [4.78, 5) is 9.80.